The number of carbonyl (C=O) groups excluding carboxylic acids is 2. The molecule has 1 atom stereocenters. The van der Waals surface area contributed by atoms with Gasteiger partial charge < -0.3 is 15.0 Å². The Morgan fingerprint density at radius 2 is 1.78 bits per heavy atom. The van der Waals surface area contributed by atoms with Crippen LogP contribution in [0.1, 0.15) is 18.1 Å². The third kappa shape index (κ3) is 6.37. The molecule has 0 aliphatic rings. The molecular weight excluding hydrogens is 454 g/mol. The smallest absolute Gasteiger partial charge is 0.244 e. The van der Waals surface area contributed by atoms with Crippen LogP contribution in [0.15, 0.2) is 42.5 Å². The van der Waals surface area contributed by atoms with Gasteiger partial charge in [-0.25, -0.2) is 8.42 Å². The third-order valence-electron chi connectivity index (χ3n) is 4.98. The molecule has 2 amide bonds. The van der Waals surface area contributed by atoms with E-state index in [2.05, 4.69) is 5.32 Å². The van der Waals surface area contributed by atoms with Gasteiger partial charge in [-0.15, -0.1) is 0 Å². The average molecular weight is 482 g/mol. The van der Waals surface area contributed by atoms with Crippen LogP contribution in [-0.2, 0) is 26.2 Å². The predicted octanol–water partition coefficient (Wildman–Crippen LogP) is 2.59. The number of sulfonamides is 1. The summed E-state index contributed by atoms with van der Waals surface area (Å²) in [5, 5.41) is 2.82. The third-order valence-corrected chi connectivity index (χ3v) is 6.34. The Balaban J connectivity index is 2.44. The minimum absolute atomic E-state index is 0.137. The Hall–Kier alpha value is -2.78. The van der Waals surface area contributed by atoms with Crippen molar-refractivity contribution < 1.29 is 22.7 Å². The van der Waals surface area contributed by atoms with E-state index in [0.29, 0.717) is 0 Å². The summed E-state index contributed by atoms with van der Waals surface area (Å²) in [6, 6.07) is 11.2. The van der Waals surface area contributed by atoms with Crippen LogP contribution in [0.2, 0.25) is 5.02 Å². The molecule has 0 spiro atoms. The quantitative estimate of drug-likeness (QED) is 0.594. The zero-order chi connectivity index (χ0) is 24.1. The van der Waals surface area contributed by atoms with Crippen molar-refractivity contribution in [2.75, 3.05) is 31.3 Å². The molecule has 2 rings (SSSR count). The van der Waals surface area contributed by atoms with Crippen molar-refractivity contribution in [3.05, 3.63) is 58.6 Å². The molecule has 10 heteroatoms. The molecule has 0 radical (unpaired) electrons. The number of hydrogen-bond acceptors (Lipinski definition) is 5. The first-order chi connectivity index (χ1) is 15.0. The number of nitrogens with zero attached hydrogens (tertiary/aromatic N) is 2. The minimum Gasteiger partial charge on any atom is -0.495 e. The lowest BCUT2D eigenvalue weighted by Gasteiger charge is -2.31. The van der Waals surface area contributed by atoms with Gasteiger partial charge >= 0.3 is 0 Å². The second-order valence-corrected chi connectivity index (χ2v) is 9.73. The Morgan fingerprint density at radius 3 is 2.31 bits per heavy atom. The number of halogens is 1. The number of aryl methyl sites for hydroxylation is 1. The first-order valence-electron chi connectivity index (χ1n) is 9.85. The van der Waals surface area contributed by atoms with Crippen LogP contribution in [0.25, 0.3) is 0 Å². The summed E-state index contributed by atoms with van der Waals surface area (Å²) in [7, 11) is -1.00. The Morgan fingerprint density at radius 1 is 1.16 bits per heavy atom. The van der Waals surface area contributed by atoms with E-state index >= 15 is 0 Å². The van der Waals surface area contributed by atoms with Crippen molar-refractivity contribution in [3.8, 4) is 5.75 Å². The van der Waals surface area contributed by atoms with E-state index in [4.69, 9.17) is 16.3 Å². The Bertz CT molecular complexity index is 1070. The lowest BCUT2D eigenvalue weighted by atomic mass is 10.1. The first kappa shape index (κ1) is 25.5. The summed E-state index contributed by atoms with van der Waals surface area (Å²) in [5.41, 5.74) is 2.01. The molecule has 32 heavy (non-hydrogen) atoms. The minimum atomic E-state index is -3.88. The fourth-order valence-corrected chi connectivity index (χ4v) is 4.15. The van der Waals surface area contributed by atoms with Gasteiger partial charge in [-0.05, 0) is 37.6 Å². The molecular formula is C22H28ClN3O5S. The van der Waals surface area contributed by atoms with Gasteiger partial charge in [0.1, 0.15) is 18.3 Å². The number of amides is 2. The Kier molecular flexibility index (Phi) is 8.51. The monoisotopic (exact) mass is 481 g/mol. The van der Waals surface area contributed by atoms with Crippen LogP contribution >= 0.6 is 11.6 Å². The van der Waals surface area contributed by atoms with Gasteiger partial charge in [0.2, 0.25) is 21.8 Å². The lowest BCUT2D eigenvalue weighted by molar-refractivity contribution is -0.139. The van der Waals surface area contributed by atoms with Crippen LogP contribution in [-0.4, -0.2) is 58.1 Å². The number of rotatable bonds is 9. The molecule has 8 nitrogen and oxygen atoms in total. The maximum atomic E-state index is 13.4. The molecule has 1 N–H and O–H groups in total. The molecule has 0 saturated heterocycles. The second-order valence-electron chi connectivity index (χ2n) is 7.38. The highest BCUT2D eigenvalue weighted by atomic mass is 35.5. The SMILES string of the molecule is CNC(=O)C(C)N(Cc1ccc(C)cc1)C(=O)CN(c1cc(Cl)ccc1OC)S(C)(=O)=O. The summed E-state index contributed by atoms with van der Waals surface area (Å²) in [5.74, 6) is -0.664. The van der Waals surface area contributed by atoms with Crippen molar-refractivity contribution in [2.45, 2.75) is 26.4 Å². The number of anilines is 1. The fourth-order valence-electron chi connectivity index (χ4n) is 3.13. The molecule has 0 fully saturated rings. The molecule has 0 saturated carbocycles. The van der Waals surface area contributed by atoms with Crippen molar-refractivity contribution >= 4 is 39.1 Å². The van der Waals surface area contributed by atoms with E-state index in [-0.39, 0.29) is 28.9 Å². The van der Waals surface area contributed by atoms with Gasteiger partial charge in [0.15, 0.2) is 0 Å². The molecule has 0 aliphatic heterocycles. The van der Waals surface area contributed by atoms with Crippen LogP contribution in [0, 0.1) is 6.92 Å². The molecule has 0 aromatic heterocycles. The first-order valence-corrected chi connectivity index (χ1v) is 12.1. The van der Waals surface area contributed by atoms with Crippen LogP contribution in [0.5, 0.6) is 5.75 Å². The molecule has 0 aliphatic carbocycles. The van der Waals surface area contributed by atoms with E-state index < -0.39 is 28.5 Å². The zero-order valence-electron chi connectivity index (χ0n) is 18.8. The topological polar surface area (TPSA) is 96.0 Å². The highest BCUT2D eigenvalue weighted by molar-refractivity contribution is 7.92. The summed E-state index contributed by atoms with van der Waals surface area (Å²) in [4.78, 5) is 27.0. The number of methoxy groups -OCH3 is 1. The van der Waals surface area contributed by atoms with Crippen LogP contribution < -0.4 is 14.4 Å². The summed E-state index contributed by atoms with van der Waals surface area (Å²) in [6.07, 6.45) is 0.993. The standard InChI is InChI=1S/C22H28ClN3O5S/c1-15-6-8-17(9-7-15)13-25(16(2)22(28)24-3)21(27)14-26(32(5,29)30)19-12-18(23)10-11-20(19)31-4/h6-12,16H,13-14H2,1-5H3,(H,24,28). The molecule has 2 aromatic carbocycles. The summed E-state index contributed by atoms with van der Waals surface area (Å²) in [6.45, 7) is 3.15. The van der Waals surface area contributed by atoms with Crippen molar-refractivity contribution in [1.29, 1.82) is 0 Å². The summed E-state index contributed by atoms with van der Waals surface area (Å²) >= 11 is 6.07. The van der Waals surface area contributed by atoms with Gasteiger partial charge in [0.25, 0.3) is 0 Å². The number of carbonyl (C=O) groups is 2. The number of hydrogen-bond donors (Lipinski definition) is 1. The molecule has 0 heterocycles. The van der Waals surface area contributed by atoms with Crippen molar-refractivity contribution in [2.24, 2.45) is 0 Å². The number of benzene rings is 2. The van der Waals surface area contributed by atoms with E-state index in [1.165, 1.54) is 31.2 Å². The van der Waals surface area contributed by atoms with Gasteiger partial charge in [-0.3, -0.25) is 13.9 Å². The van der Waals surface area contributed by atoms with Gasteiger partial charge in [0, 0.05) is 18.6 Å². The van der Waals surface area contributed by atoms with Crippen molar-refractivity contribution in [1.82, 2.24) is 10.2 Å². The van der Waals surface area contributed by atoms with E-state index in [1.807, 2.05) is 31.2 Å². The number of ether oxygens (including phenoxy) is 1. The maximum Gasteiger partial charge on any atom is 0.244 e. The summed E-state index contributed by atoms with van der Waals surface area (Å²) < 4.78 is 31.4. The zero-order valence-corrected chi connectivity index (χ0v) is 20.3. The van der Waals surface area contributed by atoms with E-state index in [0.717, 1.165) is 21.7 Å². The highest BCUT2D eigenvalue weighted by Gasteiger charge is 2.31. The Labute approximate surface area is 194 Å². The normalized spacial score (nSPS) is 12.1. The van der Waals surface area contributed by atoms with Gasteiger partial charge in [-0.1, -0.05) is 41.4 Å². The highest BCUT2D eigenvalue weighted by Crippen LogP contribution is 2.33. The predicted molar refractivity (Wildman–Crippen MR) is 125 cm³/mol. The van der Waals surface area contributed by atoms with E-state index in [9.17, 15) is 18.0 Å². The van der Waals surface area contributed by atoms with Crippen LogP contribution in [0.3, 0.4) is 0 Å². The number of likely N-dealkylation sites (N-methyl/N-ethyl adjacent to an activating group) is 1. The van der Waals surface area contributed by atoms with Crippen LogP contribution in [0.4, 0.5) is 5.69 Å². The average Bonchev–Trinajstić information content (AvgIpc) is 2.75. The molecule has 1 unspecified atom stereocenters. The number of nitrogens with one attached hydrogen (secondary N) is 1. The maximum absolute atomic E-state index is 13.4. The van der Waals surface area contributed by atoms with Gasteiger partial charge in [0.05, 0.1) is 19.1 Å². The van der Waals surface area contributed by atoms with Gasteiger partial charge in [-0.2, -0.15) is 0 Å². The largest absolute Gasteiger partial charge is 0.495 e. The van der Waals surface area contributed by atoms with E-state index in [1.54, 1.807) is 13.0 Å². The molecule has 2 aromatic rings. The fraction of sp³-hybridized carbons (Fsp3) is 0.364. The lowest BCUT2D eigenvalue weighted by Crippen LogP contribution is -2.50. The second kappa shape index (κ2) is 10.7. The molecule has 174 valence electrons. The molecule has 0 bridgehead atoms. The van der Waals surface area contributed by atoms with Crippen molar-refractivity contribution in [3.63, 3.8) is 0 Å².